The molecule has 3 heterocycles. The number of nitrogens with zero attached hydrogens (tertiary/aromatic N) is 1. The SMILES string of the molecule is O=C(C(=C(O)c1ccc(S(=O)O)s1)c1nc2ccccc2[nH]1)c1ccc(Cl)s1. The number of aromatic nitrogens is 2. The number of Topliss-reactive ketones (excluding diaryl/α,β-unsaturated/α-hetero) is 1. The highest BCUT2D eigenvalue weighted by Crippen LogP contribution is 2.34. The number of carbonyl (C=O) groups is 1. The van der Waals surface area contributed by atoms with Crippen molar-refractivity contribution in [1.29, 1.82) is 0 Å². The smallest absolute Gasteiger partial charge is 0.210 e. The molecule has 10 heteroatoms. The minimum absolute atomic E-state index is 0.0353. The van der Waals surface area contributed by atoms with Crippen molar-refractivity contribution in [2.24, 2.45) is 0 Å². The lowest BCUT2D eigenvalue weighted by molar-refractivity contribution is 0.105. The Morgan fingerprint density at radius 2 is 1.82 bits per heavy atom. The van der Waals surface area contributed by atoms with Crippen molar-refractivity contribution in [2.75, 3.05) is 0 Å². The summed E-state index contributed by atoms with van der Waals surface area (Å²) in [5.41, 5.74) is 1.32. The van der Waals surface area contributed by atoms with Gasteiger partial charge in [0.15, 0.2) is 11.1 Å². The summed E-state index contributed by atoms with van der Waals surface area (Å²) in [5, 5.41) is 10.9. The third kappa shape index (κ3) is 3.54. The number of hydrogen-bond acceptors (Lipinski definition) is 6. The fraction of sp³-hybridized carbons (Fsp3) is 0. The van der Waals surface area contributed by atoms with Gasteiger partial charge in [-0.3, -0.25) is 4.79 Å². The lowest BCUT2D eigenvalue weighted by Gasteiger charge is -2.06. The molecule has 0 saturated carbocycles. The molecule has 0 bridgehead atoms. The Bertz CT molecular complexity index is 1220. The van der Waals surface area contributed by atoms with Gasteiger partial charge in [0.25, 0.3) is 0 Å². The maximum Gasteiger partial charge on any atom is 0.210 e. The van der Waals surface area contributed by atoms with Crippen molar-refractivity contribution >= 4 is 73.5 Å². The number of allylic oxidation sites excluding steroid dienone is 1. The zero-order valence-corrected chi connectivity index (χ0v) is 17.1. The predicted molar refractivity (Wildman–Crippen MR) is 113 cm³/mol. The molecule has 1 aromatic carbocycles. The first-order valence-electron chi connectivity index (χ1n) is 7.83. The van der Waals surface area contributed by atoms with Crippen LogP contribution in [-0.4, -0.2) is 29.6 Å². The average molecular weight is 451 g/mol. The van der Waals surface area contributed by atoms with Crippen LogP contribution in [0.15, 0.2) is 52.7 Å². The van der Waals surface area contributed by atoms with Crippen LogP contribution in [0.5, 0.6) is 0 Å². The Balaban J connectivity index is 1.91. The predicted octanol–water partition coefficient (Wildman–Crippen LogP) is 5.23. The molecule has 0 aliphatic carbocycles. The Kier molecular flexibility index (Phi) is 5.17. The van der Waals surface area contributed by atoms with Crippen molar-refractivity contribution in [3.05, 3.63) is 68.4 Å². The van der Waals surface area contributed by atoms with Crippen molar-refractivity contribution in [2.45, 2.75) is 4.21 Å². The molecule has 0 saturated heterocycles. The van der Waals surface area contributed by atoms with Crippen LogP contribution < -0.4 is 0 Å². The normalized spacial score (nSPS) is 13.5. The number of benzene rings is 1. The second-order valence-electron chi connectivity index (χ2n) is 5.63. The van der Waals surface area contributed by atoms with E-state index in [0.29, 0.717) is 20.2 Å². The molecule has 6 nitrogen and oxygen atoms in total. The van der Waals surface area contributed by atoms with Crippen LogP contribution >= 0.6 is 34.3 Å². The highest BCUT2D eigenvalue weighted by atomic mass is 35.5. The fourth-order valence-corrected chi connectivity index (χ4v) is 5.04. The van der Waals surface area contributed by atoms with Crippen LogP contribution in [0.1, 0.15) is 20.4 Å². The topological polar surface area (TPSA) is 103 Å². The van der Waals surface area contributed by atoms with Gasteiger partial charge in [0.05, 0.1) is 25.1 Å². The van der Waals surface area contributed by atoms with Crippen LogP contribution in [0.3, 0.4) is 0 Å². The number of H-pyrrole nitrogens is 1. The van der Waals surface area contributed by atoms with Gasteiger partial charge in [-0.1, -0.05) is 23.7 Å². The van der Waals surface area contributed by atoms with Gasteiger partial charge >= 0.3 is 0 Å². The molecule has 4 aromatic rings. The van der Waals surface area contributed by atoms with Crippen LogP contribution in [-0.2, 0) is 11.1 Å². The first-order chi connectivity index (χ1) is 13.4. The average Bonchev–Trinajstić information content (AvgIpc) is 3.40. The van der Waals surface area contributed by atoms with E-state index in [1.54, 1.807) is 18.2 Å². The van der Waals surface area contributed by atoms with E-state index in [1.807, 2.05) is 18.2 Å². The molecule has 4 rings (SSSR count). The molecule has 0 fully saturated rings. The molecule has 1 atom stereocenters. The van der Waals surface area contributed by atoms with Crippen molar-refractivity contribution < 1.29 is 18.7 Å². The second kappa shape index (κ2) is 7.61. The third-order valence-electron chi connectivity index (χ3n) is 3.87. The number of aromatic amines is 1. The zero-order chi connectivity index (χ0) is 19.8. The molecule has 3 N–H and O–H groups in total. The van der Waals surface area contributed by atoms with E-state index in [0.717, 1.165) is 22.7 Å². The molecule has 142 valence electrons. The van der Waals surface area contributed by atoms with Crippen molar-refractivity contribution in [1.82, 2.24) is 9.97 Å². The van der Waals surface area contributed by atoms with Crippen LogP contribution in [0.2, 0.25) is 4.34 Å². The van der Waals surface area contributed by atoms with E-state index in [9.17, 15) is 18.7 Å². The molecule has 1 unspecified atom stereocenters. The number of fused-ring (bicyclic) bond motifs is 1. The quantitative estimate of drug-likeness (QED) is 0.167. The van der Waals surface area contributed by atoms with E-state index in [1.165, 1.54) is 12.1 Å². The highest BCUT2D eigenvalue weighted by Gasteiger charge is 2.25. The number of nitrogens with one attached hydrogen (secondary N) is 1. The Morgan fingerprint density at radius 1 is 1.07 bits per heavy atom. The van der Waals surface area contributed by atoms with Gasteiger partial charge in [0.2, 0.25) is 5.78 Å². The lowest BCUT2D eigenvalue weighted by Crippen LogP contribution is -2.05. The second-order valence-corrected chi connectivity index (χ2v) is 9.62. The first-order valence-corrected chi connectivity index (χ1v) is 11.0. The number of ketones is 1. The number of aliphatic hydroxyl groups excluding tert-OH is 1. The van der Waals surface area contributed by atoms with Gasteiger partial charge in [-0.2, -0.15) is 0 Å². The van der Waals surface area contributed by atoms with E-state index in [4.69, 9.17) is 11.6 Å². The number of hydrogen-bond donors (Lipinski definition) is 3. The Hall–Kier alpha value is -2.30. The minimum atomic E-state index is -2.18. The number of thiophene rings is 2. The van der Waals surface area contributed by atoms with Gasteiger partial charge in [0, 0.05) is 0 Å². The monoisotopic (exact) mass is 450 g/mol. The first kappa shape index (κ1) is 19.0. The van der Waals surface area contributed by atoms with E-state index < -0.39 is 16.9 Å². The molecule has 0 radical (unpaired) electrons. The van der Waals surface area contributed by atoms with Gasteiger partial charge in [-0.25, -0.2) is 9.19 Å². The Labute approximate surface area is 174 Å². The summed E-state index contributed by atoms with van der Waals surface area (Å²) in [6.45, 7) is 0. The van der Waals surface area contributed by atoms with Gasteiger partial charge in [-0.05, 0) is 36.4 Å². The summed E-state index contributed by atoms with van der Waals surface area (Å²) in [5.74, 6) is -0.572. The number of aliphatic hydroxyl groups is 1. The summed E-state index contributed by atoms with van der Waals surface area (Å²) in [6.07, 6.45) is 0. The zero-order valence-electron chi connectivity index (χ0n) is 13.9. The summed E-state index contributed by atoms with van der Waals surface area (Å²) < 4.78 is 21.1. The maximum atomic E-state index is 13.2. The van der Waals surface area contributed by atoms with Crippen LogP contribution in [0, 0.1) is 0 Å². The molecule has 0 aliphatic heterocycles. The summed E-state index contributed by atoms with van der Waals surface area (Å²) in [4.78, 5) is 21.3. The molecular formula is C18H11ClN2O4S3. The number of imidazole rings is 1. The van der Waals surface area contributed by atoms with E-state index in [2.05, 4.69) is 9.97 Å². The van der Waals surface area contributed by atoms with Gasteiger partial charge < -0.3 is 14.6 Å². The minimum Gasteiger partial charge on any atom is -0.506 e. The number of rotatable bonds is 5. The Morgan fingerprint density at radius 3 is 2.46 bits per heavy atom. The molecular weight excluding hydrogens is 440 g/mol. The fourth-order valence-electron chi connectivity index (χ4n) is 2.62. The number of halogens is 1. The largest absolute Gasteiger partial charge is 0.506 e. The third-order valence-corrected chi connectivity index (χ3v) is 7.15. The molecule has 0 aliphatic rings. The molecule has 0 amide bonds. The highest BCUT2D eigenvalue weighted by molar-refractivity contribution is 7.81. The molecule has 3 aromatic heterocycles. The van der Waals surface area contributed by atoms with Crippen LogP contribution in [0.25, 0.3) is 22.4 Å². The van der Waals surface area contributed by atoms with Crippen molar-refractivity contribution in [3.8, 4) is 0 Å². The number of carbonyl (C=O) groups excluding carboxylic acids is 1. The van der Waals surface area contributed by atoms with E-state index >= 15 is 0 Å². The lowest BCUT2D eigenvalue weighted by atomic mass is 10.1. The summed E-state index contributed by atoms with van der Waals surface area (Å²) in [6, 6.07) is 13.3. The number of para-hydroxylation sites is 2. The standard InChI is InChI=1S/C18H11ClN2O4S3/c19-13-7-5-11(26-13)16(22)15(17(23)12-6-8-14(27-12)28(24)25)18-20-9-3-1-2-4-10(9)21-18/h1-8,23H,(H,20,21)(H,24,25). The van der Waals surface area contributed by atoms with E-state index in [-0.39, 0.29) is 26.2 Å². The van der Waals surface area contributed by atoms with Crippen LogP contribution in [0.4, 0.5) is 0 Å². The maximum absolute atomic E-state index is 13.2. The summed E-state index contributed by atoms with van der Waals surface area (Å²) >= 11 is 5.80. The molecule has 0 spiro atoms. The molecule has 28 heavy (non-hydrogen) atoms. The van der Waals surface area contributed by atoms with Gasteiger partial charge in [0.1, 0.15) is 21.4 Å². The van der Waals surface area contributed by atoms with Crippen molar-refractivity contribution in [3.63, 3.8) is 0 Å². The summed E-state index contributed by atoms with van der Waals surface area (Å²) in [7, 11) is 0. The van der Waals surface area contributed by atoms with Gasteiger partial charge in [-0.15, -0.1) is 22.7 Å².